The molecule has 16 heavy (non-hydrogen) atoms. The lowest BCUT2D eigenvalue weighted by molar-refractivity contribution is 0.310. The summed E-state index contributed by atoms with van der Waals surface area (Å²) >= 11 is 0. The highest BCUT2D eigenvalue weighted by Crippen LogP contribution is 2.14. The van der Waals surface area contributed by atoms with Crippen LogP contribution in [0, 0.1) is 0 Å². The summed E-state index contributed by atoms with van der Waals surface area (Å²) in [6, 6.07) is 0.303. The minimum absolute atomic E-state index is 0.119. The minimum atomic E-state index is -3.42. The van der Waals surface area contributed by atoms with Crippen LogP contribution in [0.5, 0.6) is 0 Å². The van der Waals surface area contributed by atoms with Crippen LogP contribution in [0.3, 0.4) is 0 Å². The number of imidazole rings is 1. The molecule has 0 amide bonds. The summed E-state index contributed by atoms with van der Waals surface area (Å²) < 4.78 is 26.1. The molecule has 1 aliphatic rings. The second kappa shape index (κ2) is 4.52. The highest BCUT2D eigenvalue weighted by Gasteiger charge is 2.23. The van der Waals surface area contributed by atoms with E-state index in [9.17, 15) is 8.42 Å². The van der Waals surface area contributed by atoms with Crippen LogP contribution < -0.4 is 4.72 Å². The summed E-state index contributed by atoms with van der Waals surface area (Å²) in [4.78, 5) is 8.46. The van der Waals surface area contributed by atoms with Crippen molar-refractivity contribution in [2.75, 3.05) is 20.1 Å². The molecule has 1 saturated heterocycles. The van der Waals surface area contributed by atoms with Gasteiger partial charge >= 0.3 is 0 Å². The van der Waals surface area contributed by atoms with Crippen molar-refractivity contribution in [1.29, 1.82) is 0 Å². The van der Waals surface area contributed by atoms with Crippen molar-refractivity contribution in [2.45, 2.75) is 23.9 Å². The molecule has 2 rings (SSSR count). The zero-order chi connectivity index (χ0) is 11.6. The molecule has 2 N–H and O–H groups in total. The van der Waals surface area contributed by atoms with E-state index in [-0.39, 0.29) is 5.03 Å². The summed E-state index contributed by atoms with van der Waals surface area (Å²) in [5.41, 5.74) is 0. The summed E-state index contributed by atoms with van der Waals surface area (Å²) in [7, 11) is -1.41. The molecule has 1 atom stereocenters. The molecular weight excluding hydrogens is 228 g/mol. The Hall–Kier alpha value is -0.920. The van der Waals surface area contributed by atoms with Crippen molar-refractivity contribution in [1.82, 2.24) is 19.6 Å². The molecule has 1 fully saturated rings. The van der Waals surface area contributed by atoms with Crippen LogP contribution in [-0.4, -0.2) is 49.5 Å². The fourth-order valence-electron chi connectivity index (χ4n) is 1.91. The Morgan fingerprint density at radius 3 is 3.06 bits per heavy atom. The van der Waals surface area contributed by atoms with Crippen LogP contribution in [0.15, 0.2) is 17.6 Å². The minimum Gasteiger partial charge on any atom is -0.335 e. The lowest BCUT2D eigenvalue weighted by atomic mass is 10.2. The number of aromatic amines is 1. The predicted octanol–water partition coefficient (Wildman–Crippen LogP) is -0.218. The largest absolute Gasteiger partial charge is 0.335 e. The molecule has 0 spiro atoms. The quantitative estimate of drug-likeness (QED) is 0.767. The van der Waals surface area contributed by atoms with E-state index >= 15 is 0 Å². The van der Waals surface area contributed by atoms with E-state index in [2.05, 4.69) is 19.6 Å². The number of nitrogens with one attached hydrogen (secondary N) is 2. The first kappa shape index (κ1) is 11.6. The van der Waals surface area contributed by atoms with Crippen LogP contribution in [0.1, 0.15) is 12.8 Å². The normalized spacial score (nSPS) is 22.7. The van der Waals surface area contributed by atoms with Gasteiger partial charge < -0.3 is 9.88 Å². The van der Waals surface area contributed by atoms with Crippen molar-refractivity contribution in [3.63, 3.8) is 0 Å². The molecule has 0 aliphatic carbocycles. The lowest BCUT2D eigenvalue weighted by Gasteiger charge is -2.19. The average molecular weight is 244 g/mol. The molecule has 1 unspecified atom stereocenters. The highest BCUT2D eigenvalue weighted by molar-refractivity contribution is 7.89. The van der Waals surface area contributed by atoms with E-state index in [0.717, 1.165) is 19.4 Å². The van der Waals surface area contributed by atoms with Gasteiger partial charge in [-0.25, -0.2) is 18.1 Å². The van der Waals surface area contributed by atoms with E-state index in [0.29, 0.717) is 12.6 Å². The zero-order valence-electron chi connectivity index (χ0n) is 9.18. The number of H-pyrrole nitrogens is 1. The summed E-state index contributed by atoms with van der Waals surface area (Å²) in [6.07, 6.45) is 4.84. The van der Waals surface area contributed by atoms with E-state index in [1.165, 1.54) is 12.5 Å². The number of hydrogen-bond donors (Lipinski definition) is 2. The van der Waals surface area contributed by atoms with Crippen LogP contribution in [-0.2, 0) is 10.0 Å². The fraction of sp³-hybridized carbons (Fsp3) is 0.667. The number of likely N-dealkylation sites (tertiary alicyclic amines) is 1. The molecule has 2 heterocycles. The summed E-state index contributed by atoms with van der Waals surface area (Å²) in [6.45, 7) is 1.49. The number of sulfonamides is 1. The van der Waals surface area contributed by atoms with Gasteiger partial charge in [0.2, 0.25) is 0 Å². The molecule has 0 aromatic carbocycles. The molecule has 0 saturated carbocycles. The zero-order valence-corrected chi connectivity index (χ0v) is 10.00. The second-order valence-electron chi connectivity index (χ2n) is 4.04. The molecule has 0 radical (unpaired) electrons. The third-order valence-electron chi connectivity index (χ3n) is 2.94. The molecule has 1 aromatic heterocycles. The lowest BCUT2D eigenvalue weighted by Crippen LogP contribution is -2.38. The number of hydrogen-bond acceptors (Lipinski definition) is 4. The van der Waals surface area contributed by atoms with Gasteiger partial charge in [-0.3, -0.25) is 0 Å². The fourth-order valence-corrected chi connectivity index (χ4v) is 2.89. The first-order valence-corrected chi connectivity index (χ1v) is 6.76. The maximum absolute atomic E-state index is 11.8. The Morgan fingerprint density at radius 2 is 2.50 bits per heavy atom. The smallest absolute Gasteiger partial charge is 0.257 e. The average Bonchev–Trinajstić information content (AvgIpc) is 2.85. The maximum atomic E-state index is 11.8. The Morgan fingerprint density at radius 1 is 1.69 bits per heavy atom. The third-order valence-corrected chi connectivity index (χ3v) is 4.29. The van der Waals surface area contributed by atoms with Crippen LogP contribution in [0.2, 0.25) is 0 Å². The van der Waals surface area contributed by atoms with Gasteiger partial charge in [-0.15, -0.1) is 0 Å². The summed E-state index contributed by atoms with van der Waals surface area (Å²) in [5.74, 6) is 0. The van der Waals surface area contributed by atoms with Gasteiger partial charge in [-0.05, 0) is 26.4 Å². The number of rotatable bonds is 4. The van der Waals surface area contributed by atoms with Gasteiger partial charge in [0.05, 0.1) is 12.5 Å². The molecule has 1 aliphatic heterocycles. The van der Waals surface area contributed by atoms with Gasteiger partial charge in [0.25, 0.3) is 10.0 Å². The third kappa shape index (κ3) is 2.42. The standard InChI is InChI=1S/C9H16N4O2S/c1-13-4-2-3-8(13)5-12-16(14,15)9-6-10-7-11-9/h6-8,12H,2-5H2,1H3,(H,10,11). The van der Waals surface area contributed by atoms with Crippen molar-refractivity contribution in [3.8, 4) is 0 Å². The van der Waals surface area contributed by atoms with Gasteiger partial charge in [-0.1, -0.05) is 0 Å². The summed E-state index contributed by atoms with van der Waals surface area (Å²) in [5, 5.41) is 0.119. The van der Waals surface area contributed by atoms with Crippen molar-refractivity contribution >= 4 is 10.0 Å². The van der Waals surface area contributed by atoms with Gasteiger partial charge in [0, 0.05) is 12.6 Å². The van der Waals surface area contributed by atoms with Crippen molar-refractivity contribution < 1.29 is 8.42 Å². The van der Waals surface area contributed by atoms with Crippen LogP contribution in [0.4, 0.5) is 0 Å². The Bertz CT molecular complexity index is 428. The van der Waals surface area contributed by atoms with E-state index in [4.69, 9.17) is 0 Å². The van der Waals surface area contributed by atoms with Crippen molar-refractivity contribution in [2.24, 2.45) is 0 Å². The molecule has 1 aromatic rings. The second-order valence-corrected chi connectivity index (χ2v) is 5.78. The Kier molecular flexibility index (Phi) is 3.27. The Labute approximate surface area is 95.1 Å². The van der Waals surface area contributed by atoms with E-state index in [1.807, 2.05) is 7.05 Å². The van der Waals surface area contributed by atoms with E-state index < -0.39 is 10.0 Å². The molecule has 90 valence electrons. The topological polar surface area (TPSA) is 78.1 Å². The molecule has 6 nitrogen and oxygen atoms in total. The number of nitrogens with zero attached hydrogens (tertiary/aromatic N) is 2. The molecule has 7 heteroatoms. The Balaban J connectivity index is 1.95. The monoisotopic (exact) mass is 244 g/mol. The maximum Gasteiger partial charge on any atom is 0.257 e. The van der Waals surface area contributed by atoms with Crippen molar-refractivity contribution in [3.05, 3.63) is 12.5 Å². The van der Waals surface area contributed by atoms with Crippen LogP contribution in [0.25, 0.3) is 0 Å². The van der Waals surface area contributed by atoms with Gasteiger partial charge in [0.1, 0.15) is 0 Å². The first-order valence-electron chi connectivity index (χ1n) is 5.28. The molecular formula is C9H16N4O2S. The first-order chi connectivity index (χ1) is 7.59. The number of likely N-dealkylation sites (N-methyl/N-ethyl adjacent to an activating group) is 1. The van der Waals surface area contributed by atoms with E-state index in [1.54, 1.807) is 0 Å². The number of aromatic nitrogens is 2. The highest BCUT2D eigenvalue weighted by atomic mass is 32.2. The van der Waals surface area contributed by atoms with Gasteiger partial charge in [-0.2, -0.15) is 0 Å². The SMILES string of the molecule is CN1CCCC1CNS(=O)(=O)c1cnc[nH]1. The van der Waals surface area contributed by atoms with Crippen LogP contribution >= 0.6 is 0 Å². The predicted molar refractivity (Wildman–Crippen MR) is 59.4 cm³/mol. The molecule has 0 bridgehead atoms. The van der Waals surface area contributed by atoms with Gasteiger partial charge in [0.15, 0.2) is 5.03 Å².